The van der Waals surface area contributed by atoms with Gasteiger partial charge in [-0.1, -0.05) is 48.0 Å². The van der Waals surface area contributed by atoms with Crippen LogP contribution in [0.4, 0.5) is 0 Å². The molecule has 22 heavy (non-hydrogen) atoms. The number of amides is 1. The minimum absolute atomic E-state index is 0.0359. The second-order valence-corrected chi connectivity index (χ2v) is 9.32. The number of fused-ring (bicyclic) bond motifs is 1. The van der Waals surface area contributed by atoms with Crippen LogP contribution in [0.25, 0.3) is 0 Å². The van der Waals surface area contributed by atoms with Crippen LogP contribution in [0.2, 0.25) is 0 Å². The summed E-state index contributed by atoms with van der Waals surface area (Å²) in [5.41, 5.74) is -0.0299. The molecule has 1 N–H and O–H groups in total. The lowest BCUT2D eigenvalue weighted by molar-refractivity contribution is -0.177. The highest BCUT2D eigenvalue weighted by atomic mass is 16.5. The average molecular weight is 309 g/mol. The number of carbonyl (C=O) groups excluding carboxylic acids is 1. The minimum Gasteiger partial charge on any atom is -0.374 e. The highest BCUT2D eigenvalue weighted by Gasteiger charge is 2.51. The molecule has 128 valence electrons. The lowest BCUT2D eigenvalue weighted by Gasteiger charge is -2.54. The quantitative estimate of drug-likeness (QED) is 0.832. The van der Waals surface area contributed by atoms with E-state index in [4.69, 9.17) is 4.74 Å². The van der Waals surface area contributed by atoms with Gasteiger partial charge in [0.25, 0.3) is 0 Å². The fourth-order valence-corrected chi connectivity index (χ4v) is 4.08. The van der Waals surface area contributed by atoms with Gasteiger partial charge in [-0.05, 0) is 37.5 Å². The topological polar surface area (TPSA) is 38.3 Å². The fourth-order valence-electron chi connectivity index (χ4n) is 4.08. The Kier molecular flexibility index (Phi) is 4.97. The molecule has 2 fully saturated rings. The summed E-state index contributed by atoms with van der Waals surface area (Å²) in [7, 11) is 0. The zero-order chi connectivity index (χ0) is 16.7. The van der Waals surface area contributed by atoms with Gasteiger partial charge in [0.05, 0.1) is 12.2 Å². The minimum atomic E-state index is -0.137. The molecule has 0 bridgehead atoms. The lowest BCUT2D eigenvalue weighted by atomic mass is 9.64. The van der Waals surface area contributed by atoms with Gasteiger partial charge in [0.1, 0.15) is 0 Å². The summed E-state index contributed by atoms with van der Waals surface area (Å²) in [4.78, 5) is 12.4. The molecule has 5 atom stereocenters. The molecular weight excluding hydrogens is 274 g/mol. The third-order valence-electron chi connectivity index (χ3n) is 5.72. The van der Waals surface area contributed by atoms with Crippen molar-refractivity contribution < 1.29 is 9.53 Å². The second kappa shape index (κ2) is 6.14. The van der Waals surface area contributed by atoms with E-state index in [1.165, 1.54) is 6.42 Å². The SMILES string of the molecule is CC(C)C(=O)N[C@@]1(C)C[C@H](C(C)(C)C)O[C@@H]2C[C@H](C)CC[C@H]21. The van der Waals surface area contributed by atoms with Crippen molar-refractivity contribution in [3.63, 3.8) is 0 Å². The molecule has 1 saturated heterocycles. The number of hydrogen-bond donors (Lipinski definition) is 1. The van der Waals surface area contributed by atoms with Crippen molar-refractivity contribution >= 4 is 5.91 Å². The van der Waals surface area contributed by atoms with Crippen molar-refractivity contribution in [3.8, 4) is 0 Å². The van der Waals surface area contributed by atoms with Crippen LogP contribution in [-0.2, 0) is 9.53 Å². The van der Waals surface area contributed by atoms with E-state index in [0.29, 0.717) is 12.0 Å². The van der Waals surface area contributed by atoms with Gasteiger partial charge in [-0.25, -0.2) is 0 Å². The van der Waals surface area contributed by atoms with Crippen molar-refractivity contribution in [1.82, 2.24) is 5.32 Å². The molecule has 1 heterocycles. The molecular formula is C19H35NO2. The van der Waals surface area contributed by atoms with E-state index < -0.39 is 0 Å². The number of rotatable bonds is 2. The van der Waals surface area contributed by atoms with E-state index in [9.17, 15) is 4.79 Å². The highest BCUT2D eigenvalue weighted by Crippen LogP contribution is 2.47. The molecule has 0 spiro atoms. The molecule has 1 aliphatic heterocycles. The molecule has 0 unspecified atom stereocenters. The van der Waals surface area contributed by atoms with Gasteiger partial charge >= 0.3 is 0 Å². The van der Waals surface area contributed by atoms with Crippen molar-refractivity contribution in [1.29, 1.82) is 0 Å². The van der Waals surface area contributed by atoms with Gasteiger partial charge in [-0.2, -0.15) is 0 Å². The van der Waals surface area contributed by atoms with Crippen LogP contribution in [0, 0.1) is 23.2 Å². The van der Waals surface area contributed by atoms with Crippen LogP contribution in [-0.4, -0.2) is 23.7 Å². The highest BCUT2D eigenvalue weighted by molar-refractivity contribution is 5.78. The molecule has 0 aromatic carbocycles. The van der Waals surface area contributed by atoms with Crippen LogP contribution < -0.4 is 5.32 Å². The van der Waals surface area contributed by atoms with Crippen LogP contribution in [0.1, 0.15) is 74.1 Å². The Morgan fingerprint density at radius 1 is 1.27 bits per heavy atom. The first-order valence-electron chi connectivity index (χ1n) is 9.00. The first-order chi connectivity index (χ1) is 10.0. The Balaban J connectivity index is 2.25. The molecule has 1 saturated carbocycles. The molecule has 3 heteroatoms. The second-order valence-electron chi connectivity index (χ2n) is 9.32. The summed E-state index contributed by atoms with van der Waals surface area (Å²) < 4.78 is 6.51. The van der Waals surface area contributed by atoms with E-state index in [-0.39, 0.29) is 28.9 Å². The molecule has 2 rings (SSSR count). The van der Waals surface area contributed by atoms with Gasteiger partial charge in [-0.15, -0.1) is 0 Å². The summed E-state index contributed by atoms with van der Waals surface area (Å²) >= 11 is 0. The van der Waals surface area contributed by atoms with Crippen molar-refractivity contribution in [2.45, 2.75) is 91.9 Å². The summed E-state index contributed by atoms with van der Waals surface area (Å²) in [5, 5.41) is 3.39. The number of ether oxygens (including phenoxy) is 1. The zero-order valence-corrected chi connectivity index (χ0v) is 15.5. The molecule has 1 aliphatic carbocycles. The predicted octanol–water partition coefficient (Wildman–Crippen LogP) is 4.16. The Morgan fingerprint density at radius 3 is 2.45 bits per heavy atom. The zero-order valence-electron chi connectivity index (χ0n) is 15.5. The van der Waals surface area contributed by atoms with Gasteiger partial charge in [0.15, 0.2) is 0 Å². The van der Waals surface area contributed by atoms with Crippen LogP contribution >= 0.6 is 0 Å². The molecule has 0 radical (unpaired) electrons. The summed E-state index contributed by atoms with van der Waals surface area (Å²) in [6, 6.07) is 0. The molecule has 1 amide bonds. The van der Waals surface area contributed by atoms with Gasteiger partial charge in [0, 0.05) is 17.4 Å². The van der Waals surface area contributed by atoms with Gasteiger partial charge in [0.2, 0.25) is 5.91 Å². The Labute approximate surface area is 136 Å². The normalized spacial score (nSPS) is 39.5. The fraction of sp³-hybridized carbons (Fsp3) is 0.947. The van der Waals surface area contributed by atoms with E-state index in [1.54, 1.807) is 0 Å². The standard InChI is InChI=1S/C19H35NO2/c1-12(2)17(21)20-19(7)11-16(18(4,5)6)22-15-10-13(3)8-9-14(15)19/h12-16H,8-11H2,1-7H3,(H,20,21)/t13-,14-,15-,16-,19+/m1/s1. The summed E-state index contributed by atoms with van der Waals surface area (Å²) in [5.74, 6) is 1.39. The summed E-state index contributed by atoms with van der Waals surface area (Å²) in [6.07, 6.45) is 4.96. The van der Waals surface area contributed by atoms with Crippen LogP contribution in [0.15, 0.2) is 0 Å². The van der Waals surface area contributed by atoms with Crippen molar-refractivity contribution in [2.75, 3.05) is 0 Å². The van der Waals surface area contributed by atoms with E-state index in [0.717, 1.165) is 25.2 Å². The maximum atomic E-state index is 12.4. The average Bonchev–Trinajstić information content (AvgIpc) is 2.36. The first kappa shape index (κ1) is 17.8. The molecule has 2 aliphatic rings. The molecule has 0 aromatic heterocycles. The number of nitrogens with one attached hydrogen (secondary N) is 1. The van der Waals surface area contributed by atoms with Crippen LogP contribution in [0.3, 0.4) is 0 Å². The first-order valence-corrected chi connectivity index (χ1v) is 9.00. The van der Waals surface area contributed by atoms with Crippen LogP contribution in [0.5, 0.6) is 0 Å². The third-order valence-corrected chi connectivity index (χ3v) is 5.72. The predicted molar refractivity (Wildman–Crippen MR) is 90.6 cm³/mol. The van der Waals surface area contributed by atoms with Gasteiger partial charge < -0.3 is 10.1 Å². The van der Waals surface area contributed by atoms with E-state index >= 15 is 0 Å². The summed E-state index contributed by atoms with van der Waals surface area (Å²) in [6.45, 7) is 15.3. The molecule has 0 aromatic rings. The van der Waals surface area contributed by atoms with E-state index in [2.05, 4.69) is 39.9 Å². The monoisotopic (exact) mass is 309 g/mol. The third kappa shape index (κ3) is 3.67. The van der Waals surface area contributed by atoms with Crippen molar-refractivity contribution in [3.05, 3.63) is 0 Å². The molecule has 3 nitrogen and oxygen atoms in total. The Bertz CT molecular complexity index is 412. The smallest absolute Gasteiger partial charge is 0.222 e. The lowest BCUT2D eigenvalue weighted by Crippen LogP contribution is -2.64. The maximum absolute atomic E-state index is 12.4. The Morgan fingerprint density at radius 2 is 1.91 bits per heavy atom. The Hall–Kier alpha value is -0.570. The largest absolute Gasteiger partial charge is 0.374 e. The van der Waals surface area contributed by atoms with Gasteiger partial charge in [-0.3, -0.25) is 4.79 Å². The number of hydrogen-bond acceptors (Lipinski definition) is 2. The maximum Gasteiger partial charge on any atom is 0.222 e. The van der Waals surface area contributed by atoms with Crippen molar-refractivity contribution in [2.24, 2.45) is 23.2 Å². The number of carbonyl (C=O) groups is 1. The van der Waals surface area contributed by atoms with E-state index in [1.807, 2.05) is 13.8 Å².